The molecule has 2 N–H and O–H groups in total. The highest BCUT2D eigenvalue weighted by Gasteiger charge is 2.18. The molecule has 0 fully saturated rings. The first-order valence-electron chi connectivity index (χ1n) is 3.22. The van der Waals surface area contributed by atoms with E-state index in [1.807, 2.05) is 0 Å². The lowest BCUT2D eigenvalue weighted by atomic mass is 10.0. The molecule has 1 rings (SSSR count). The van der Waals surface area contributed by atoms with E-state index < -0.39 is 16.2 Å². The molecule has 0 amide bonds. The van der Waals surface area contributed by atoms with Crippen LogP contribution in [0.2, 0.25) is 0 Å². The summed E-state index contributed by atoms with van der Waals surface area (Å²) in [4.78, 5) is 10.3. The van der Waals surface area contributed by atoms with Gasteiger partial charge < -0.3 is 10.5 Å². The highest BCUT2D eigenvalue weighted by molar-refractivity contribution is 7.73. The van der Waals surface area contributed by atoms with E-state index in [2.05, 4.69) is 0 Å². The van der Waals surface area contributed by atoms with Gasteiger partial charge in [-0.1, -0.05) is 12.2 Å². The summed E-state index contributed by atoms with van der Waals surface area (Å²) in [7, 11) is -2.42. The number of carbonyl (C=O) groups is 1. The van der Waals surface area contributed by atoms with Gasteiger partial charge in [0.2, 0.25) is 10.3 Å². The van der Waals surface area contributed by atoms with E-state index in [9.17, 15) is 13.2 Å². The molecule has 0 bridgehead atoms. The van der Waals surface area contributed by atoms with Crippen LogP contribution in [0, 0.1) is 5.92 Å². The van der Waals surface area contributed by atoms with Gasteiger partial charge >= 0.3 is 0 Å². The molecule has 64 valence electrons. The van der Waals surface area contributed by atoms with Crippen molar-refractivity contribution in [2.45, 2.75) is 0 Å². The Morgan fingerprint density at radius 3 is 2.58 bits per heavy atom. The highest BCUT2D eigenvalue weighted by atomic mass is 32.2. The Bertz CT molecular complexity index is 381. The summed E-state index contributed by atoms with van der Waals surface area (Å²) in [6, 6.07) is 0. The normalized spacial score (nSPS) is 21.8. The minimum absolute atomic E-state index is 0.0486. The summed E-state index contributed by atoms with van der Waals surface area (Å²) in [6.07, 6.45) is 5.03. The van der Waals surface area contributed by atoms with Gasteiger partial charge in [0, 0.05) is 0 Å². The second kappa shape index (κ2) is 3.36. The average molecular weight is 185 g/mol. The van der Waals surface area contributed by atoms with Crippen molar-refractivity contribution >= 4 is 21.4 Å². The quantitative estimate of drug-likeness (QED) is 0.431. The number of hydrogen-bond donors (Lipinski definition) is 1. The summed E-state index contributed by atoms with van der Waals surface area (Å²) in [6.45, 7) is 0. The van der Waals surface area contributed by atoms with E-state index in [-0.39, 0.29) is 10.6 Å². The van der Waals surface area contributed by atoms with Crippen LogP contribution >= 0.6 is 0 Å². The van der Waals surface area contributed by atoms with Gasteiger partial charge in [-0.25, -0.2) is 0 Å². The monoisotopic (exact) mass is 185 g/mol. The van der Waals surface area contributed by atoms with E-state index in [1.165, 1.54) is 12.2 Å². The molecule has 0 aliphatic heterocycles. The van der Waals surface area contributed by atoms with Crippen molar-refractivity contribution < 1.29 is 13.2 Å². The van der Waals surface area contributed by atoms with Crippen LogP contribution in [0.15, 0.2) is 23.9 Å². The molecule has 5 heteroatoms. The zero-order valence-corrected chi connectivity index (χ0v) is 6.91. The molecule has 0 aromatic carbocycles. The van der Waals surface area contributed by atoms with E-state index >= 15 is 0 Å². The molecule has 0 radical (unpaired) electrons. The molecule has 1 unspecified atom stereocenters. The molecule has 4 nitrogen and oxygen atoms in total. The summed E-state index contributed by atoms with van der Waals surface area (Å²) in [5, 5.41) is 0. The van der Waals surface area contributed by atoms with Gasteiger partial charge in [-0.15, -0.1) is 0 Å². The fourth-order valence-corrected chi connectivity index (χ4v) is 1.57. The SMILES string of the molecule is NC1=CC=CC(C=O)C1=S(=O)=O. The first-order chi connectivity index (χ1) is 5.66. The lowest BCUT2D eigenvalue weighted by Gasteiger charge is -2.09. The largest absolute Gasteiger partial charge is 0.398 e. The van der Waals surface area contributed by atoms with Crippen LogP contribution in [0.1, 0.15) is 0 Å². The Kier molecular flexibility index (Phi) is 2.44. The second-order valence-corrected chi connectivity index (χ2v) is 3.18. The minimum Gasteiger partial charge on any atom is -0.398 e. The molecule has 0 aromatic rings. The first kappa shape index (κ1) is 8.73. The fourth-order valence-electron chi connectivity index (χ4n) is 0.955. The Balaban J connectivity index is 3.30. The molecular weight excluding hydrogens is 178 g/mol. The van der Waals surface area contributed by atoms with Gasteiger partial charge in [0.1, 0.15) is 11.2 Å². The van der Waals surface area contributed by atoms with Crippen molar-refractivity contribution in [2.24, 2.45) is 11.7 Å². The van der Waals surface area contributed by atoms with Gasteiger partial charge in [0.05, 0.1) is 11.6 Å². The molecule has 0 heterocycles. The van der Waals surface area contributed by atoms with Gasteiger partial charge in [-0.3, -0.25) is 0 Å². The molecule has 0 aromatic heterocycles. The van der Waals surface area contributed by atoms with Crippen molar-refractivity contribution in [3.05, 3.63) is 23.9 Å². The van der Waals surface area contributed by atoms with Gasteiger partial charge in [0.25, 0.3) is 0 Å². The van der Waals surface area contributed by atoms with Crippen LogP contribution in [0.4, 0.5) is 0 Å². The smallest absolute Gasteiger partial charge is 0.220 e. The fraction of sp³-hybridized carbons (Fsp3) is 0.143. The zero-order valence-electron chi connectivity index (χ0n) is 6.10. The first-order valence-corrected chi connectivity index (χ1v) is 4.30. The number of aldehydes is 1. The van der Waals surface area contributed by atoms with Crippen LogP contribution in [-0.4, -0.2) is 19.6 Å². The molecule has 1 aliphatic carbocycles. The van der Waals surface area contributed by atoms with Gasteiger partial charge in [0.15, 0.2) is 0 Å². The predicted molar refractivity (Wildman–Crippen MR) is 44.9 cm³/mol. The molecule has 0 saturated carbocycles. The summed E-state index contributed by atoms with van der Waals surface area (Å²) in [5.74, 6) is -0.728. The highest BCUT2D eigenvalue weighted by Crippen LogP contribution is 2.09. The van der Waals surface area contributed by atoms with Crippen LogP contribution in [0.5, 0.6) is 0 Å². The van der Waals surface area contributed by atoms with E-state index in [0.29, 0.717) is 6.29 Å². The zero-order chi connectivity index (χ0) is 9.14. The second-order valence-electron chi connectivity index (χ2n) is 2.27. The third kappa shape index (κ3) is 1.45. The standard InChI is InChI=1S/C7H7NO3S/c8-6-3-1-2-5(4-9)7(6)12(10)11/h1-5H,8H2. The van der Waals surface area contributed by atoms with E-state index in [4.69, 9.17) is 5.73 Å². The maximum absolute atomic E-state index is 10.6. The maximum atomic E-state index is 10.6. The molecule has 1 aliphatic rings. The van der Waals surface area contributed by atoms with Gasteiger partial charge in [-0.2, -0.15) is 8.42 Å². The molecular formula is C7H7NO3S. The topological polar surface area (TPSA) is 77.2 Å². The summed E-state index contributed by atoms with van der Waals surface area (Å²) < 4.78 is 21.2. The number of hydrogen-bond acceptors (Lipinski definition) is 4. The Morgan fingerprint density at radius 2 is 2.17 bits per heavy atom. The van der Waals surface area contributed by atoms with Gasteiger partial charge in [-0.05, 0) is 6.08 Å². The minimum atomic E-state index is -2.42. The predicted octanol–water partition coefficient (Wildman–Crippen LogP) is -0.735. The number of rotatable bonds is 1. The Morgan fingerprint density at radius 1 is 1.50 bits per heavy atom. The van der Waals surface area contributed by atoms with Crippen molar-refractivity contribution in [3.63, 3.8) is 0 Å². The van der Waals surface area contributed by atoms with E-state index in [0.717, 1.165) is 0 Å². The van der Waals surface area contributed by atoms with Crippen LogP contribution < -0.4 is 5.73 Å². The lowest BCUT2D eigenvalue weighted by molar-refractivity contribution is -0.108. The summed E-state index contributed by atoms with van der Waals surface area (Å²) >= 11 is 0. The molecule has 0 saturated heterocycles. The van der Waals surface area contributed by atoms with Crippen molar-refractivity contribution in [3.8, 4) is 0 Å². The lowest BCUT2D eigenvalue weighted by Crippen LogP contribution is -2.24. The van der Waals surface area contributed by atoms with E-state index in [1.54, 1.807) is 6.08 Å². The third-order valence-corrected chi connectivity index (χ3v) is 2.37. The maximum Gasteiger partial charge on any atom is 0.220 e. The number of allylic oxidation sites excluding steroid dienone is 4. The molecule has 1 atom stereocenters. The molecule has 12 heavy (non-hydrogen) atoms. The summed E-state index contributed by atoms with van der Waals surface area (Å²) in [5.41, 5.74) is 5.49. The third-order valence-electron chi connectivity index (χ3n) is 1.51. The van der Waals surface area contributed by atoms with Crippen LogP contribution in [-0.2, 0) is 15.1 Å². The van der Waals surface area contributed by atoms with Crippen molar-refractivity contribution in [2.75, 3.05) is 0 Å². The number of carbonyl (C=O) groups excluding carboxylic acids is 1. The van der Waals surface area contributed by atoms with Crippen molar-refractivity contribution in [1.82, 2.24) is 0 Å². The average Bonchev–Trinajstić information content (AvgIpc) is 2.03. The molecule has 0 spiro atoms. The Labute approximate surface area is 70.9 Å². The van der Waals surface area contributed by atoms with Crippen LogP contribution in [0.25, 0.3) is 0 Å². The Hall–Kier alpha value is -1.36. The number of nitrogens with two attached hydrogens (primary N) is 1. The van der Waals surface area contributed by atoms with Crippen LogP contribution in [0.3, 0.4) is 0 Å². The van der Waals surface area contributed by atoms with Crippen molar-refractivity contribution in [1.29, 1.82) is 0 Å².